The molecule has 0 aromatic carbocycles. The van der Waals surface area contributed by atoms with E-state index in [1.54, 1.807) is 7.11 Å². The molecule has 0 spiro atoms. The van der Waals surface area contributed by atoms with Crippen molar-refractivity contribution in [3.63, 3.8) is 0 Å². The second kappa shape index (κ2) is 3.91. The van der Waals surface area contributed by atoms with Crippen molar-refractivity contribution in [2.45, 2.75) is 32.4 Å². The summed E-state index contributed by atoms with van der Waals surface area (Å²) in [5.41, 5.74) is -0.597. The largest absolute Gasteiger partial charge is 0.783 e. The standard InChI is InChI=1S/C7H16NO2/c1-5-7(6-2,10-4)8(3)9/h5-6H2,1-4H3/q-1. The van der Waals surface area contributed by atoms with E-state index < -0.39 is 5.72 Å². The summed E-state index contributed by atoms with van der Waals surface area (Å²) >= 11 is 0. The maximum atomic E-state index is 11.0. The lowest BCUT2D eigenvalue weighted by Crippen LogP contribution is -2.43. The summed E-state index contributed by atoms with van der Waals surface area (Å²) in [4.78, 5) is 0. The maximum Gasteiger partial charge on any atom is 0.109 e. The highest BCUT2D eigenvalue weighted by atomic mass is 16.6. The van der Waals surface area contributed by atoms with E-state index in [0.717, 1.165) is 17.9 Å². The van der Waals surface area contributed by atoms with E-state index in [0.29, 0.717) is 0 Å². The zero-order valence-corrected chi connectivity index (χ0v) is 7.18. The van der Waals surface area contributed by atoms with Gasteiger partial charge in [-0.3, -0.25) is 0 Å². The molecule has 0 saturated heterocycles. The summed E-state index contributed by atoms with van der Waals surface area (Å²) in [6.07, 6.45) is 1.44. The van der Waals surface area contributed by atoms with E-state index >= 15 is 0 Å². The first kappa shape index (κ1) is 9.88. The predicted molar refractivity (Wildman–Crippen MR) is 41.5 cm³/mol. The first-order chi connectivity index (χ1) is 4.63. The van der Waals surface area contributed by atoms with Crippen molar-refractivity contribution < 1.29 is 4.74 Å². The molecular weight excluding hydrogens is 130 g/mol. The second-order valence-electron chi connectivity index (χ2n) is 2.35. The molecule has 0 unspecified atom stereocenters. The third-order valence-electron chi connectivity index (χ3n) is 2.06. The van der Waals surface area contributed by atoms with Gasteiger partial charge in [-0.1, -0.05) is 13.8 Å². The Labute approximate surface area is 62.6 Å². The topological polar surface area (TPSA) is 35.5 Å². The fourth-order valence-electron chi connectivity index (χ4n) is 1.11. The van der Waals surface area contributed by atoms with Crippen molar-refractivity contribution in [1.82, 2.24) is 5.06 Å². The van der Waals surface area contributed by atoms with E-state index in [-0.39, 0.29) is 0 Å². The van der Waals surface area contributed by atoms with Crippen LogP contribution in [0, 0.1) is 5.21 Å². The third kappa shape index (κ3) is 1.68. The normalized spacial score (nSPS) is 12.6. The van der Waals surface area contributed by atoms with Gasteiger partial charge in [0.2, 0.25) is 0 Å². The highest BCUT2D eigenvalue weighted by Crippen LogP contribution is 2.21. The van der Waals surface area contributed by atoms with E-state index in [1.807, 2.05) is 13.8 Å². The zero-order chi connectivity index (χ0) is 8.20. The Balaban J connectivity index is 4.15. The molecule has 0 radical (unpaired) electrons. The van der Waals surface area contributed by atoms with Crippen molar-refractivity contribution in [3.8, 4) is 0 Å². The molecule has 3 heteroatoms. The SMILES string of the molecule is CCC(CC)(OC)N(C)[O-]. The number of nitrogens with zero attached hydrogens (tertiary/aromatic N) is 1. The lowest BCUT2D eigenvalue weighted by atomic mass is 10.1. The summed E-state index contributed by atoms with van der Waals surface area (Å²) < 4.78 is 5.11. The van der Waals surface area contributed by atoms with Crippen LogP contribution < -0.4 is 0 Å². The van der Waals surface area contributed by atoms with Crippen molar-refractivity contribution in [2.75, 3.05) is 14.2 Å². The molecular formula is C7H16NO2-. The number of methoxy groups -OCH3 is 1. The van der Waals surface area contributed by atoms with Crippen LogP contribution >= 0.6 is 0 Å². The Morgan fingerprint density at radius 3 is 1.80 bits per heavy atom. The van der Waals surface area contributed by atoms with Crippen LogP contribution in [0.15, 0.2) is 0 Å². The lowest BCUT2D eigenvalue weighted by molar-refractivity contribution is -0.109. The van der Waals surface area contributed by atoms with E-state index in [9.17, 15) is 5.21 Å². The minimum atomic E-state index is -0.597. The zero-order valence-electron chi connectivity index (χ0n) is 7.18. The van der Waals surface area contributed by atoms with Gasteiger partial charge in [0.25, 0.3) is 0 Å². The van der Waals surface area contributed by atoms with E-state index in [4.69, 9.17) is 4.74 Å². The number of ether oxygens (including phenoxy) is 1. The monoisotopic (exact) mass is 146 g/mol. The third-order valence-corrected chi connectivity index (χ3v) is 2.06. The van der Waals surface area contributed by atoms with Gasteiger partial charge in [-0.15, -0.1) is 0 Å². The van der Waals surface area contributed by atoms with Crippen LogP contribution in [0.5, 0.6) is 0 Å². The number of hydroxylamine groups is 2. The Morgan fingerprint density at radius 1 is 1.40 bits per heavy atom. The number of hydrogen-bond donors (Lipinski definition) is 0. The van der Waals surface area contributed by atoms with Crippen molar-refractivity contribution >= 4 is 0 Å². The molecule has 0 saturated carbocycles. The van der Waals surface area contributed by atoms with Gasteiger partial charge in [0.1, 0.15) is 5.72 Å². The minimum absolute atomic E-state index is 0.597. The van der Waals surface area contributed by atoms with Crippen molar-refractivity contribution in [1.29, 1.82) is 0 Å². The van der Waals surface area contributed by atoms with Gasteiger partial charge < -0.3 is 15.0 Å². The molecule has 0 aliphatic heterocycles. The Morgan fingerprint density at radius 2 is 1.80 bits per heavy atom. The van der Waals surface area contributed by atoms with E-state index in [2.05, 4.69) is 0 Å². The average Bonchev–Trinajstić information content (AvgIpc) is 1.92. The molecule has 0 aliphatic carbocycles. The molecule has 0 atom stereocenters. The van der Waals surface area contributed by atoms with Crippen LogP contribution in [0.3, 0.4) is 0 Å². The highest BCUT2D eigenvalue weighted by molar-refractivity contribution is 4.75. The van der Waals surface area contributed by atoms with Gasteiger partial charge in [0.15, 0.2) is 0 Å². The van der Waals surface area contributed by atoms with Gasteiger partial charge in [0, 0.05) is 7.11 Å². The lowest BCUT2D eigenvalue weighted by Gasteiger charge is -2.44. The van der Waals surface area contributed by atoms with Gasteiger partial charge in [-0.05, 0) is 19.9 Å². The van der Waals surface area contributed by atoms with Crippen LogP contribution in [-0.4, -0.2) is 24.9 Å². The van der Waals surface area contributed by atoms with Crippen LogP contribution in [0.2, 0.25) is 0 Å². The Hall–Kier alpha value is -0.120. The summed E-state index contributed by atoms with van der Waals surface area (Å²) in [6, 6.07) is 0. The van der Waals surface area contributed by atoms with Crippen LogP contribution in [-0.2, 0) is 4.74 Å². The predicted octanol–water partition coefficient (Wildman–Crippen LogP) is 1.58. The molecule has 0 aromatic heterocycles. The number of rotatable bonds is 4. The van der Waals surface area contributed by atoms with Gasteiger partial charge >= 0.3 is 0 Å². The molecule has 0 heterocycles. The molecule has 62 valence electrons. The molecule has 0 amide bonds. The summed E-state index contributed by atoms with van der Waals surface area (Å²) in [5.74, 6) is 0. The Bertz CT molecular complexity index is 81.3. The first-order valence-electron chi connectivity index (χ1n) is 3.59. The molecule has 10 heavy (non-hydrogen) atoms. The molecule has 0 bridgehead atoms. The van der Waals surface area contributed by atoms with E-state index in [1.165, 1.54) is 7.05 Å². The highest BCUT2D eigenvalue weighted by Gasteiger charge is 2.24. The van der Waals surface area contributed by atoms with Gasteiger partial charge in [-0.25, -0.2) is 0 Å². The summed E-state index contributed by atoms with van der Waals surface area (Å²) in [5, 5.41) is 11.8. The van der Waals surface area contributed by atoms with Crippen LogP contribution in [0.25, 0.3) is 0 Å². The van der Waals surface area contributed by atoms with Crippen LogP contribution in [0.1, 0.15) is 26.7 Å². The first-order valence-corrected chi connectivity index (χ1v) is 3.59. The van der Waals surface area contributed by atoms with Crippen molar-refractivity contribution in [2.24, 2.45) is 0 Å². The Kier molecular flexibility index (Phi) is 3.86. The molecule has 0 fully saturated rings. The molecule has 0 rings (SSSR count). The molecule has 0 aliphatic rings. The average molecular weight is 146 g/mol. The fourth-order valence-corrected chi connectivity index (χ4v) is 1.11. The van der Waals surface area contributed by atoms with Crippen LogP contribution in [0.4, 0.5) is 0 Å². The quantitative estimate of drug-likeness (QED) is 0.446. The summed E-state index contributed by atoms with van der Waals surface area (Å²) in [6.45, 7) is 3.89. The smallest absolute Gasteiger partial charge is 0.109 e. The van der Waals surface area contributed by atoms with Gasteiger partial charge in [-0.2, -0.15) is 0 Å². The molecule has 0 N–H and O–H groups in total. The minimum Gasteiger partial charge on any atom is -0.783 e. The summed E-state index contributed by atoms with van der Waals surface area (Å²) in [7, 11) is 3.07. The molecule has 3 nitrogen and oxygen atoms in total. The molecule has 0 aromatic rings. The number of hydrogen-bond acceptors (Lipinski definition) is 3. The fraction of sp³-hybridized carbons (Fsp3) is 1.00. The van der Waals surface area contributed by atoms with Crippen molar-refractivity contribution in [3.05, 3.63) is 5.21 Å². The second-order valence-corrected chi connectivity index (χ2v) is 2.35. The maximum absolute atomic E-state index is 11.0. The van der Waals surface area contributed by atoms with Gasteiger partial charge in [0.05, 0.1) is 0 Å².